The highest BCUT2D eigenvalue weighted by atomic mass is 19.4. The molecule has 0 aliphatic carbocycles. The third-order valence-corrected chi connectivity index (χ3v) is 5.54. The molecular weight excluding hydrogens is 373 g/mol. The average Bonchev–Trinajstić information content (AvgIpc) is 3.10. The number of amidine groups is 1. The molecule has 0 amide bonds. The van der Waals surface area contributed by atoms with Gasteiger partial charge in [0.05, 0.1) is 12.2 Å². The summed E-state index contributed by atoms with van der Waals surface area (Å²) in [7, 11) is 0. The van der Waals surface area contributed by atoms with E-state index in [1.165, 1.54) is 12.3 Å². The number of alkyl halides is 3. The van der Waals surface area contributed by atoms with Gasteiger partial charge in [-0.1, -0.05) is 0 Å². The van der Waals surface area contributed by atoms with E-state index < -0.39 is 17.5 Å². The van der Waals surface area contributed by atoms with Crippen LogP contribution in [-0.2, 0) is 10.9 Å². The van der Waals surface area contributed by atoms with Gasteiger partial charge in [0, 0.05) is 49.5 Å². The maximum Gasteiger partial charge on any atom is 0.419 e. The monoisotopic (exact) mass is 396 g/mol. The SMILES string of the molecule is NC1=NC(N)([C@H]2CCOC2)NC2=C1CCN(c1ncccc1C(F)(F)F)CC2. The van der Waals surface area contributed by atoms with Gasteiger partial charge in [-0.3, -0.25) is 5.73 Å². The van der Waals surface area contributed by atoms with Crippen molar-refractivity contribution in [2.24, 2.45) is 22.4 Å². The van der Waals surface area contributed by atoms with E-state index in [-0.39, 0.29) is 11.7 Å². The van der Waals surface area contributed by atoms with E-state index in [9.17, 15) is 13.2 Å². The molecule has 1 aromatic heterocycles. The first-order chi connectivity index (χ1) is 13.3. The van der Waals surface area contributed by atoms with Crippen LogP contribution in [0.2, 0.25) is 0 Å². The van der Waals surface area contributed by atoms with E-state index in [0.717, 1.165) is 23.8 Å². The van der Waals surface area contributed by atoms with Gasteiger partial charge in [0.2, 0.25) is 0 Å². The number of nitrogens with one attached hydrogen (secondary N) is 1. The van der Waals surface area contributed by atoms with E-state index in [1.807, 2.05) is 0 Å². The minimum Gasteiger partial charge on any atom is -0.384 e. The molecular formula is C18H23F3N6O. The number of ether oxygens (including phenoxy) is 1. The number of pyridine rings is 1. The second kappa shape index (κ2) is 6.93. The van der Waals surface area contributed by atoms with Crippen LogP contribution in [0.1, 0.15) is 24.8 Å². The number of anilines is 1. The zero-order valence-electron chi connectivity index (χ0n) is 15.3. The Morgan fingerprint density at radius 3 is 2.79 bits per heavy atom. The largest absolute Gasteiger partial charge is 0.419 e. The maximum atomic E-state index is 13.4. The Bertz CT molecular complexity index is 818. The Morgan fingerprint density at radius 1 is 1.29 bits per heavy atom. The highest BCUT2D eigenvalue weighted by Gasteiger charge is 2.42. The summed E-state index contributed by atoms with van der Waals surface area (Å²) in [6.07, 6.45) is -1.37. The molecule has 0 aromatic carbocycles. The lowest BCUT2D eigenvalue weighted by Gasteiger charge is -2.37. The second-order valence-electron chi connectivity index (χ2n) is 7.32. The maximum absolute atomic E-state index is 13.4. The van der Waals surface area contributed by atoms with E-state index in [4.69, 9.17) is 16.2 Å². The summed E-state index contributed by atoms with van der Waals surface area (Å²) < 4.78 is 45.6. The first-order valence-corrected chi connectivity index (χ1v) is 9.27. The molecule has 1 unspecified atom stereocenters. The van der Waals surface area contributed by atoms with Crippen molar-refractivity contribution in [2.75, 3.05) is 31.2 Å². The fourth-order valence-corrected chi connectivity index (χ4v) is 4.02. The number of hydrogen-bond acceptors (Lipinski definition) is 7. The number of hydrogen-bond donors (Lipinski definition) is 3. The molecule has 5 N–H and O–H groups in total. The van der Waals surface area contributed by atoms with Gasteiger partial charge in [0.25, 0.3) is 0 Å². The third-order valence-electron chi connectivity index (χ3n) is 5.54. The van der Waals surface area contributed by atoms with Crippen molar-refractivity contribution in [2.45, 2.75) is 31.2 Å². The number of rotatable bonds is 2. The van der Waals surface area contributed by atoms with Crippen LogP contribution in [0, 0.1) is 5.92 Å². The van der Waals surface area contributed by atoms with Crippen molar-refractivity contribution >= 4 is 11.7 Å². The van der Waals surface area contributed by atoms with Crippen LogP contribution in [0.4, 0.5) is 19.0 Å². The van der Waals surface area contributed by atoms with Crippen molar-refractivity contribution < 1.29 is 17.9 Å². The van der Waals surface area contributed by atoms with Crippen LogP contribution < -0.4 is 21.7 Å². The number of aliphatic imine (C=N–C) groups is 1. The molecule has 28 heavy (non-hydrogen) atoms. The fourth-order valence-electron chi connectivity index (χ4n) is 4.02. The number of nitrogens with zero attached hydrogens (tertiary/aromatic N) is 3. The Kier molecular flexibility index (Phi) is 4.70. The Hall–Kier alpha value is -2.33. The van der Waals surface area contributed by atoms with Gasteiger partial charge in [-0.25, -0.2) is 9.98 Å². The lowest BCUT2D eigenvalue weighted by Crippen LogP contribution is -2.60. The molecule has 0 spiro atoms. The first-order valence-electron chi connectivity index (χ1n) is 9.27. The molecule has 1 fully saturated rings. The molecule has 4 rings (SSSR count). The molecule has 1 saturated heterocycles. The molecule has 10 heteroatoms. The summed E-state index contributed by atoms with van der Waals surface area (Å²) in [5.41, 5.74) is 13.6. The van der Waals surface area contributed by atoms with E-state index in [1.54, 1.807) is 4.90 Å². The van der Waals surface area contributed by atoms with Gasteiger partial charge in [-0.05, 0) is 25.0 Å². The molecule has 1 aromatic rings. The third kappa shape index (κ3) is 3.42. The molecule has 0 radical (unpaired) electrons. The highest BCUT2D eigenvalue weighted by Crippen LogP contribution is 2.37. The molecule has 152 valence electrons. The Labute approximate surface area is 160 Å². The summed E-state index contributed by atoms with van der Waals surface area (Å²) >= 11 is 0. The van der Waals surface area contributed by atoms with Crippen molar-refractivity contribution in [1.29, 1.82) is 0 Å². The lowest BCUT2D eigenvalue weighted by atomic mass is 9.96. The molecule has 2 atom stereocenters. The van der Waals surface area contributed by atoms with Crippen molar-refractivity contribution in [3.8, 4) is 0 Å². The summed E-state index contributed by atoms with van der Waals surface area (Å²) in [5.74, 6) is -0.765. The summed E-state index contributed by atoms with van der Waals surface area (Å²) in [5, 5.41) is 3.30. The van der Waals surface area contributed by atoms with Crippen LogP contribution >= 0.6 is 0 Å². The smallest absolute Gasteiger partial charge is 0.384 e. The summed E-state index contributed by atoms with van der Waals surface area (Å²) in [6.45, 7) is 1.86. The van der Waals surface area contributed by atoms with Crippen LogP contribution in [0.3, 0.4) is 0 Å². The quantitative estimate of drug-likeness (QED) is 0.701. The van der Waals surface area contributed by atoms with Crippen LogP contribution in [0.5, 0.6) is 0 Å². The standard InChI is InChI=1S/C18H23F3N6O/c19-17(20,21)13-2-1-6-24-16(13)27-7-3-12-14(4-8-27)25-18(23,26-15(12)22)11-5-9-28-10-11/h1-2,6,11,25H,3-5,7-10,23H2,(H2,22,26)/t11-,18?/m0/s1. The molecule has 3 aliphatic rings. The number of halogens is 3. The fraction of sp³-hybridized carbons (Fsp3) is 0.556. The normalized spacial score (nSPS) is 28.5. The van der Waals surface area contributed by atoms with Crippen molar-refractivity contribution in [1.82, 2.24) is 10.3 Å². The van der Waals surface area contributed by atoms with Gasteiger partial charge in [0.1, 0.15) is 11.7 Å². The average molecular weight is 396 g/mol. The number of nitrogens with two attached hydrogens (primary N) is 2. The lowest BCUT2D eigenvalue weighted by molar-refractivity contribution is -0.137. The minimum atomic E-state index is -4.46. The van der Waals surface area contributed by atoms with Crippen LogP contribution in [0.15, 0.2) is 34.6 Å². The summed E-state index contributed by atoms with van der Waals surface area (Å²) in [6, 6.07) is 2.35. The molecule has 0 saturated carbocycles. The molecule has 0 bridgehead atoms. The Morgan fingerprint density at radius 2 is 2.07 bits per heavy atom. The van der Waals surface area contributed by atoms with Crippen LogP contribution in [-0.4, -0.2) is 42.9 Å². The molecule has 3 aliphatic heterocycles. The van der Waals surface area contributed by atoms with Gasteiger partial charge in [-0.15, -0.1) is 0 Å². The Balaban J connectivity index is 1.56. The molecule has 4 heterocycles. The second-order valence-corrected chi connectivity index (χ2v) is 7.32. The van der Waals surface area contributed by atoms with E-state index >= 15 is 0 Å². The van der Waals surface area contributed by atoms with Gasteiger partial charge in [-0.2, -0.15) is 13.2 Å². The predicted octanol–water partition coefficient (Wildman–Crippen LogP) is 1.56. The van der Waals surface area contributed by atoms with Crippen molar-refractivity contribution in [3.63, 3.8) is 0 Å². The van der Waals surface area contributed by atoms with Gasteiger partial charge < -0.3 is 20.7 Å². The predicted molar refractivity (Wildman–Crippen MR) is 98.3 cm³/mol. The summed E-state index contributed by atoms with van der Waals surface area (Å²) in [4.78, 5) is 10.1. The van der Waals surface area contributed by atoms with Gasteiger partial charge in [0.15, 0.2) is 5.79 Å². The minimum absolute atomic E-state index is 0.00734. The topological polar surface area (TPSA) is 102 Å². The number of aromatic nitrogens is 1. The van der Waals surface area contributed by atoms with Crippen molar-refractivity contribution in [3.05, 3.63) is 35.2 Å². The van der Waals surface area contributed by atoms with Crippen LogP contribution in [0.25, 0.3) is 0 Å². The molecule has 7 nitrogen and oxygen atoms in total. The van der Waals surface area contributed by atoms with E-state index in [0.29, 0.717) is 45.0 Å². The van der Waals surface area contributed by atoms with E-state index in [2.05, 4.69) is 15.3 Å². The first kappa shape index (κ1) is 19.0. The highest BCUT2D eigenvalue weighted by molar-refractivity contribution is 5.98. The zero-order chi connectivity index (χ0) is 19.9. The van der Waals surface area contributed by atoms with Gasteiger partial charge >= 0.3 is 6.18 Å². The zero-order valence-corrected chi connectivity index (χ0v) is 15.3.